The van der Waals surface area contributed by atoms with Crippen LogP contribution >= 0.6 is 0 Å². The fourth-order valence-electron chi connectivity index (χ4n) is 3.42. The summed E-state index contributed by atoms with van der Waals surface area (Å²) >= 11 is 0. The molecule has 4 rings (SSSR count). The molecule has 0 saturated carbocycles. The zero-order valence-electron chi connectivity index (χ0n) is 14.3. The number of nitrogens with one attached hydrogen (secondary N) is 1. The second-order valence-electron chi connectivity index (χ2n) is 6.72. The Morgan fingerprint density at radius 1 is 1.12 bits per heavy atom. The van der Waals surface area contributed by atoms with Gasteiger partial charge in [0.15, 0.2) is 0 Å². The third-order valence-corrected chi connectivity index (χ3v) is 4.94. The number of hydrogen-bond donors (Lipinski definition) is 1. The van der Waals surface area contributed by atoms with Crippen LogP contribution in [0.3, 0.4) is 0 Å². The minimum absolute atomic E-state index is 0.00588. The molecule has 0 amide bonds. The molecule has 1 saturated heterocycles. The lowest BCUT2D eigenvalue weighted by molar-refractivity contribution is -0.0634. The van der Waals surface area contributed by atoms with Crippen molar-refractivity contribution >= 4 is 10.9 Å². The molecule has 2 atom stereocenters. The number of morpholine rings is 1. The van der Waals surface area contributed by atoms with Crippen molar-refractivity contribution in [3.8, 4) is 0 Å². The van der Waals surface area contributed by atoms with Crippen molar-refractivity contribution in [3.05, 3.63) is 82.1 Å². The van der Waals surface area contributed by atoms with Crippen molar-refractivity contribution in [2.75, 3.05) is 13.2 Å². The topological polar surface area (TPSA) is 45.3 Å². The first kappa shape index (κ1) is 16.1. The number of ether oxygens (including phenoxy) is 1. The van der Waals surface area contributed by atoms with Gasteiger partial charge in [0.2, 0.25) is 0 Å². The standard InChI is InChI=1S/C21H22N2O2/c1-15-14-25-20(16-7-3-2-4-8-16)13-23(15)12-18-11-17-9-5-6-10-19(17)22-21(18)24/h2-11,15,20H,12-14H2,1H3,(H,22,24). The van der Waals surface area contributed by atoms with Crippen LogP contribution in [0.25, 0.3) is 10.9 Å². The minimum atomic E-state index is -0.00588. The number of H-pyrrole nitrogens is 1. The summed E-state index contributed by atoms with van der Waals surface area (Å²) in [6, 6.07) is 20.5. The predicted molar refractivity (Wildman–Crippen MR) is 99.6 cm³/mol. The zero-order chi connectivity index (χ0) is 17.2. The number of rotatable bonds is 3. The van der Waals surface area contributed by atoms with E-state index in [1.54, 1.807) is 0 Å². The summed E-state index contributed by atoms with van der Waals surface area (Å²) < 4.78 is 6.02. The normalized spacial score (nSPS) is 21.5. The molecule has 1 aromatic heterocycles. The number of fused-ring (bicyclic) bond motifs is 1. The second kappa shape index (κ2) is 6.82. The third-order valence-electron chi connectivity index (χ3n) is 4.94. The Balaban J connectivity index is 1.58. The highest BCUT2D eigenvalue weighted by molar-refractivity contribution is 5.78. The Labute approximate surface area is 147 Å². The summed E-state index contributed by atoms with van der Waals surface area (Å²) in [5.74, 6) is 0. The van der Waals surface area contributed by atoms with Crippen molar-refractivity contribution in [2.45, 2.75) is 25.6 Å². The van der Waals surface area contributed by atoms with Gasteiger partial charge in [-0.1, -0.05) is 48.5 Å². The average Bonchev–Trinajstić information content (AvgIpc) is 2.65. The van der Waals surface area contributed by atoms with E-state index in [1.165, 1.54) is 5.56 Å². The first-order valence-corrected chi connectivity index (χ1v) is 8.72. The molecule has 2 heterocycles. The van der Waals surface area contributed by atoms with E-state index in [-0.39, 0.29) is 17.7 Å². The van der Waals surface area contributed by atoms with Crippen molar-refractivity contribution in [2.24, 2.45) is 0 Å². The van der Waals surface area contributed by atoms with Gasteiger partial charge >= 0.3 is 0 Å². The van der Waals surface area contributed by atoms with E-state index in [2.05, 4.69) is 28.9 Å². The van der Waals surface area contributed by atoms with Gasteiger partial charge in [0.25, 0.3) is 5.56 Å². The number of pyridine rings is 1. The predicted octanol–water partition coefficient (Wildman–Crippen LogP) is 3.49. The highest BCUT2D eigenvalue weighted by Crippen LogP contribution is 2.25. The summed E-state index contributed by atoms with van der Waals surface area (Å²) in [5, 5.41) is 1.07. The summed E-state index contributed by atoms with van der Waals surface area (Å²) in [5.41, 5.74) is 2.87. The Morgan fingerprint density at radius 2 is 1.88 bits per heavy atom. The van der Waals surface area contributed by atoms with Crippen molar-refractivity contribution < 1.29 is 4.74 Å². The Bertz CT molecular complexity index is 920. The van der Waals surface area contributed by atoms with Crippen LogP contribution in [0, 0.1) is 0 Å². The van der Waals surface area contributed by atoms with E-state index in [9.17, 15) is 4.79 Å². The van der Waals surface area contributed by atoms with E-state index in [0.717, 1.165) is 23.0 Å². The van der Waals surface area contributed by atoms with Gasteiger partial charge in [-0.3, -0.25) is 9.69 Å². The fourth-order valence-corrected chi connectivity index (χ4v) is 3.42. The van der Waals surface area contributed by atoms with Crippen molar-refractivity contribution in [3.63, 3.8) is 0 Å². The third kappa shape index (κ3) is 3.36. The molecule has 1 N–H and O–H groups in total. The smallest absolute Gasteiger partial charge is 0.252 e. The number of hydrogen-bond acceptors (Lipinski definition) is 3. The Hall–Kier alpha value is -2.43. The first-order valence-electron chi connectivity index (χ1n) is 8.72. The molecule has 3 aromatic rings. The van der Waals surface area contributed by atoms with Crippen molar-refractivity contribution in [1.29, 1.82) is 0 Å². The number of aromatic amines is 1. The molecule has 1 aliphatic rings. The molecule has 1 aliphatic heterocycles. The summed E-state index contributed by atoms with van der Waals surface area (Å²) in [7, 11) is 0. The molecular formula is C21H22N2O2. The first-order chi connectivity index (χ1) is 12.2. The molecule has 25 heavy (non-hydrogen) atoms. The number of nitrogens with zero attached hydrogens (tertiary/aromatic N) is 1. The maximum absolute atomic E-state index is 12.5. The van der Waals surface area contributed by atoms with E-state index in [1.807, 2.05) is 48.5 Å². The Morgan fingerprint density at radius 3 is 2.72 bits per heavy atom. The molecule has 4 nitrogen and oxygen atoms in total. The molecule has 1 fully saturated rings. The van der Waals surface area contributed by atoms with E-state index < -0.39 is 0 Å². The Kier molecular flexibility index (Phi) is 4.38. The van der Waals surface area contributed by atoms with Gasteiger partial charge in [-0.15, -0.1) is 0 Å². The second-order valence-corrected chi connectivity index (χ2v) is 6.72. The number of benzene rings is 2. The molecular weight excluding hydrogens is 312 g/mol. The average molecular weight is 334 g/mol. The highest BCUT2D eigenvalue weighted by atomic mass is 16.5. The molecule has 0 radical (unpaired) electrons. The van der Waals surface area contributed by atoms with Gasteiger partial charge in [-0.05, 0) is 30.0 Å². The quantitative estimate of drug-likeness (QED) is 0.797. The lowest BCUT2D eigenvalue weighted by Crippen LogP contribution is -2.45. The largest absolute Gasteiger partial charge is 0.371 e. The number of para-hydroxylation sites is 1. The van der Waals surface area contributed by atoms with Gasteiger partial charge in [0.1, 0.15) is 0 Å². The SMILES string of the molecule is CC1COC(c2ccccc2)CN1Cc1cc2ccccc2[nH]c1=O. The highest BCUT2D eigenvalue weighted by Gasteiger charge is 2.27. The van der Waals surface area contributed by atoms with Crippen LogP contribution in [0.1, 0.15) is 24.2 Å². The lowest BCUT2D eigenvalue weighted by Gasteiger charge is -2.38. The summed E-state index contributed by atoms with van der Waals surface area (Å²) in [4.78, 5) is 17.8. The van der Waals surface area contributed by atoms with Gasteiger partial charge in [-0.2, -0.15) is 0 Å². The van der Waals surface area contributed by atoms with Gasteiger partial charge in [-0.25, -0.2) is 0 Å². The molecule has 4 heteroatoms. The molecule has 2 aromatic carbocycles. The van der Waals surface area contributed by atoms with Crippen LogP contribution in [0.15, 0.2) is 65.5 Å². The minimum Gasteiger partial charge on any atom is -0.371 e. The summed E-state index contributed by atoms with van der Waals surface area (Å²) in [6.45, 7) is 4.24. The van der Waals surface area contributed by atoms with Gasteiger partial charge < -0.3 is 9.72 Å². The van der Waals surface area contributed by atoms with E-state index in [0.29, 0.717) is 13.2 Å². The van der Waals surface area contributed by atoms with Gasteiger partial charge in [0.05, 0.1) is 12.7 Å². The van der Waals surface area contributed by atoms with Crippen LogP contribution in [-0.4, -0.2) is 29.1 Å². The lowest BCUT2D eigenvalue weighted by atomic mass is 10.0. The number of aromatic nitrogens is 1. The maximum atomic E-state index is 12.5. The van der Waals surface area contributed by atoms with Crippen LogP contribution in [-0.2, 0) is 11.3 Å². The van der Waals surface area contributed by atoms with E-state index in [4.69, 9.17) is 4.74 Å². The monoisotopic (exact) mass is 334 g/mol. The van der Waals surface area contributed by atoms with Crippen LogP contribution in [0.4, 0.5) is 0 Å². The molecule has 0 bridgehead atoms. The molecule has 128 valence electrons. The van der Waals surface area contributed by atoms with Crippen molar-refractivity contribution in [1.82, 2.24) is 9.88 Å². The van der Waals surface area contributed by atoms with Crippen LogP contribution in [0.2, 0.25) is 0 Å². The fraction of sp³-hybridized carbons (Fsp3) is 0.286. The maximum Gasteiger partial charge on any atom is 0.252 e. The van der Waals surface area contributed by atoms with E-state index >= 15 is 0 Å². The van der Waals surface area contributed by atoms with Gasteiger partial charge in [0, 0.05) is 30.2 Å². The van der Waals surface area contributed by atoms with Crippen LogP contribution < -0.4 is 5.56 Å². The zero-order valence-corrected chi connectivity index (χ0v) is 14.3. The summed E-state index contributed by atoms with van der Waals surface area (Å²) in [6.07, 6.45) is 0.0527. The molecule has 0 aliphatic carbocycles. The van der Waals surface area contributed by atoms with Crippen LogP contribution in [0.5, 0.6) is 0 Å². The molecule has 0 spiro atoms. The molecule has 2 unspecified atom stereocenters.